The average molecular weight is 571 g/mol. The van der Waals surface area contributed by atoms with Crippen molar-refractivity contribution >= 4 is 29.0 Å². The maximum Gasteiger partial charge on any atom is 0.416 e. The zero-order chi connectivity index (χ0) is 28.9. The van der Waals surface area contributed by atoms with Gasteiger partial charge < -0.3 is 10.4 Å². The molecule has 0 saturated carbocycles. The lowest BCUT2D eigenvalue weighted by Gasteiger charge is -2.15. The summed E-state index contributed by atoms with van der Waals surface area (Å²) < 4.78 is 53.8. The van der Waals surface area contributed by atoms with Crippen molar-refractivity contribution in [3.8, 4) is 22.3 Å². The van der Waals surface area contributed by atoms with Gasteiger partial charge in [0.2, 0.25) is 0 Å². The highest BCUT2D eigenvalue weighted by atomic mass is 35.5. The molecule has 0 amide bonds. The van der Waals surface area contributed by atoms with Gasteiger partial charge in [0.1, 0.15) is 11.5 Å². The second-order valence-electron chi connectivity index (χ2n) is 9.03. The minimum atomic E-state index is -4.55. The number of carboxylic acid groups (broad SMARTS) is 1. The van der Waals surface area contributed by atoms with Gasteiger partial charge in [-0.25, -0.2) is 4.39 Å². The van der Waals surface area contributed by atoms with E-state index in [4.69, 9.17) is 16.7 Å². The van der Waals surface area contributed by atoms with Crippen molar-refractivity contribution in [2.24, 2.45) is 0 Å². The number of Topliss-reactive ketones (excluding diaryl/α,β-unsaturated/α-hetero) is 1. The van der Waals surface area contributed by atoms with E-state index in [1.54, 1.807) is 30.3 Å². The van der Waals surface area contributed by atoms with Crippen LogP contribution in [-0.4, -0.2) is 21.8 Å². The van der Waals surface area contributed by atoms with Crippen LogP contribution < -0.4 is 5.32 Å². The molecule has 5 nitrogen and oxygen atoms in total. The van der Waals surface area contributed by atoms with Crippen molar-refractivity contribution in [3.63, 3.8) is 0 Å². The minimum Gasteiger partial charge on any atom is -0.481 e. The molecule has 40 heavy (non-hydrogen) atoms. The molecule has 1 heterocycles. The third kappa shape index (κ3) is 7.24. The van der Waals surface area contributed by atoms with E-state index in [9.17, 15) is 27.2 Å². The van der Waals surface area contributed by atoms with Gasteiger partial charge in [-0.15, -0.1) is 0 Å². The molecular weight excluding hydrogens is 548 g/mol. The fraction of sp³-hybridized carbons (Fsp3) is 0.167. The van der Waals surface area contributed by atoms with Crippen molar-refractivity contribution in [2.75, 3.05) is 5.32 Å². The Morgan fingerprint density at radius 1 is 0.875 bits per heavy atom. The lowest BCUT2D eigenvalue weighted by molar-refractivity contribution is -0.138. The summed E-state index contributed by atoms with van der Waals surface area (Å²) in [5.74, 6) is -1.79. The van der Waals surface area contributed by atoms with E-state index < -0.39 is 23.5 Å². The number of benzene rings is 3. The summed E-state index contributed by atoms with van der Waals surface area (Å²) in [6, 6.07) is 17.7. The van der Waals surface area contributed by atoms with Crippen LogP contribution in [0.3, 0.4) is 0 Å². The summed E-state index contributed by atoms with van der Waals surface area (Å²) in [6.07, 6.45) is -3.19. The zero-order valence-corrected chi connectivity index (χ0v) is 21.7. The number of carboxylic acids is 1. The summed E-state index contributed by atoms with van der Waals surface area (Å²) in [5.41, 5.74) is 2.70. The van der Waals surface area contributed by atoms with Gasteiger partial charge in [-0.2, -0.15) is 13.2 Å². The second-order valence-corrected chi connectivity index (χ2v) is 9.43. The van der Waals surface area contributed by atoms with Crippen LogP contribution >= 0.6 is 11.6 Å². The minimum absolute atomic E-state index is 0.00350. The van der Waals surface area contributed by atoms with Gasteiger partial charge in [-0.3, -0.25) is 14.6 Å². The van der Waals surface area contributed by atoms with E-state index in [0.29, 0.717) is 27.9 Å². The highest BCUT2D eigenvalue weighted by molar-refractivity contribution is 6.33. The van der Waals surface area contributed by atoms with E-state index in [0.717, 1.165) is 17.7 Å². The molecule has 4 aromatic rings. The van der Waals surface area contributed by atoms with Crippen molar-refractivity contribution in [1.29, 1.82) is 0 Å². The van der Waals surface area contributed by atoms with Crippen molar-refractivity contribution in [3.05, 3.63) is 107 Å². The fourth-order valence-electron chi connectivity index (χ4n) is 4.11. The molecule has 0 unspecified atom stereocenters. The molecule has 0 fully saturated rings. The number of anilines is 1. The van der Waals surface area contributed by atoms with Crippen LogP contribution in [0.2, 0.25) is 5.02 Å². The molecule has 0 spiro atoms. The molecule has 4 rings (SSSR count). The lowest BCUT2D eigenvalue weighted by atomic mass is 9.97. The van der Waals surface area contributed by atoms with Crippen LogP contribution in [0.5, 0.6) is 0 Å². The number of halogens is 5. The maximum atomic E-state index is 13.5. The maximum absolute atomic E-state index is 13.5. The predicted molar refractivity (Wildman–Crippen MR) is 145 cm³/mol. The summed E-state index contributed by atoms with van der Waals surface area (Å²) in [5, 5.41) is 12.2. The number of hydrogen-bond donors (Lipinski definition) is 2. The first-order valence-corrected chi connectivity index (χ1v) is 12.6. The van der Waals surface area contributed by atoms with Gasteiger partial charge in [0, 0.05) is 42.4 Å². The molecule has 0 saturated heterocycles. The van der Waals surface area contributed by atoms with Crippen LogP contribution in [0.15, 0.2) is 79.0 Å². The number of ketones is 1. The van der Waals surface area contributed by atoms with Gasteiger partial charge >= 0.3 is 12.1 Å². The number of aliphatic carboxylic acids is 1. The summed E-state index contributed by atoms with van der Waals surface area (Å²) >= 11 is 6.15. The Balaban J connectivity index is 1.54. The first-order valence-electron chi connectivity index (χ1n) is 12.2. The molecule has 10 heteroatoms. The number of carbonyl (C=O) groups excluding carboxylic acids is 1. The SMILES string of the molecule is O=C(O)CCCC(=O)c1ccc(-c2cc(C(F)(F)F)ccc2CNc2ccc(-c3ccc(F)cc3Cl)cc2)cn1. The van der Waals surface area contributed by atoms with Crippen LogP contribution in [0.25, 0.3) is 22.3 Å². The lowest BCUT2D eigenvalue weighted by Crippen LogP contribution is -2.08. The summed E-state index contributed by atoms with van der Waals surface area (Å²) in [6.45, 7) is 0.194. The Bertz CT molecular complexity index is 1520. The van der Waals surface area contributed by atoms with Crippen molar-refractivity contribution < 1.29 is 32.3 Å². The highest BCUT2D eigenvalue weighted by Crippen LogP contribution is 2.35. The molecule has 0 aliphatic carbocycles. The van der Waals surface area contributed by atoms with Crippen LogP contribution in [0.1, 0.15) is 40.9 Å². The molecule has 3 aromatic carbocycles. The molecule has 206 valence electrons. The number of rotatable bonds is 10. The number of alkyl halides is 3. The number of nitrogens with zero attached hydrogens (tertiary/aromatic N) is 1. The summed E-state index contributed by atoms with van der Waals surface area (Å²) in [4.78, 5) is 27.1. The Morgan fingerprint density at radius 3 is 2.23 bits per heavy atom. The molecular formula is C30H23ClF4N2O3. The first-order chi connectivity index (χ1) is 19.0. The molecule has 0 atom stereocenters. The Morgan fingerprint density at radius 2 is 1.60 bits per heavy atom. The smallest absolute Gasteiger partial charge is 0.416 e. The Hall–Kier alpha value is -4.24. The third-order valence-electron chi connectivity index (χ3n) is 6.20. The number of hydrogen-bond acceptors (Lipinski definition) is 4. The van der Waals surface area contributed by atoms with Gasteiger partial charge in [0.25, 0.3) is 0 Å². The van der Waals surface area contributed by atoms with Crippen LogP contribution in [0, 0.1) is 5.82 Å². The predicted octanol–water partition coefficient (Wildman–Crippen LogP) is 8.28. The Labute approximate surface area is 232 Å². The first kappa shape index (κ1) is 28.8. The molecule has 0 bridgehead atoms. The van der Waals surface area contributed by atoms with Crippen LogP contribution in [-0.2, 0) is 17.5 Å². The zero-order valence-electron chi connectivity index (χ0n) is 20.9. The molecule has 0 radical (unpaired) electrons. The molecule has 0 aliphatic heterocycles. The van der Waals surface area contributed by atoms with Crippen molar-refractivity contribution in [1.82, 2.24) is 4.98 Å². The number of carbonyl (C=O) groups is 2. The van der Waals surface area contributed by atoms with Crippen LogP contribution in [0.4, 0.5) is 23.2 Å². The standard InChI is InChI=1S/C30H23ClF4N2O3/c31-26-15-22(32)9-12-24(26)18-5-10-23(11-6-18)36-16-19-4-8-21(30(33,34)35)14-25(19)20-7-13-27(37-17-20)28(38)2-1-3-29(39)40/h4-15,17,36H,1-3,16H2,(H,39,40). The van der Waals surface area contributed by atoms with E-state index >= 15 is 0 Å². The third-order valence-corrected chi connectivity index (χ3v) is 6.51. The van der Waals surface area contributed by atoms with E-state index in [1.807, 2.05) is 0 Å². The number of nitrogens with one attached hydrogen (secondary N) is 1. The highest BCUT2D eigenvalue weighted by Gasteiger charge is 2.31. The van der Waals surface area contributed by atoms with E-state index in [1.165, 1.54) is 36.5 Å². The van der Waals surface area contributed by atoms with Crippen molar-refractivity contribution in [2.45, 2.75) is 32.0 Å². The quantitative estimate of drug-likeness (QED) is 0.148. The number of pyridine rings is 1. The van der Waals surface area contributed by atoms with Gasteiger partial charge in [0.05, 0.1) is 10.6 Å². The topological polar surface area (TPSA) is 79.3 Å². The van der Waals surface area contributed by atoms with E-state index in [2.05, 4.69) is 10.3 Å². The largest absolute Gasteiger partial charge is 0.481 e. The Kier molecular flexibility index (Phi) is 8.84. The van der Waals surface area contributed by atoms with E-state index in [-0.39, 0.29) is 42.3 Å². The average Bonchev–Trinajstić information content (AvgIpc) is 2.91. The summed E-state index contributed by atoms with van der Waals surface area (Å²) in [7, 11) is 0. The second kappa shape index (κ2) is 12.3. The monoisotopic (exact) mass is 570 g/mol. The normalized spacial score (nSPS) is 11.3. The number of aromatic nitrogens is 1. The molecule has 0 aliphatic rings. The van der Waals surface area contributed by atoms with Gasteiger partial charge in [-0.05, 0) is 71.6 Å². The fourth-order valence-corrected chi connectivity index (χ4v) is 4.39. The van der Waals surface area contributed by atoms with Gasteiger partial charge in [-0.1, -0.05) is 35.9 Å². The molecule has 1 aromatic heterocycles. The van der Waals surface area contributed by atoms with Gasteiger partial charge in [0.15, 0.2) is 5.78 Å². The molecule has 2 N–H and O–H groups in total.